The summed E-state index contributed by atoms with van der Waals surface area (Å²) >= 11 is 0. The van der Waals surface area contributed by atoms with Gasteiger partial charge in [-0.05, 0) is 25.7 Å². The van der Waals surface area contributed by atoms with Gasteiger partial charge in [-0.15, -0.1) is 0 Å². The van der Waals surface area contributed by atoms with Crippen molar-refractivity contribution in [1.29, 1.82) is 0 Å². The van der Waals surface area contributed by atoms with E-state index in [9.17, 15) is 4.79 Å². The van der Waals surface area contributed by atoms with E-state index >= 15 is 0 Å². The van der Waals surface area contributed by atoms with Crippen molar-refractivity contribution in [1.82, 2.24) is 10.6 Å². The predicted molar refractivity (Wildman–Crippen MR) is 57.6 cm³/mol. The Balaban J connectivity index is 1.63. The summed E-state index contributed by atoms with van der Waals surface area (Å²) in [6, 6.07) is 0.492. The predicted octanol–water partition coefficient (Wildman–Crippen LogP) is 1.14. The van der Waals surface area contributed by atoms with Gasteiger partial charge in [0, 0.05) is 12.1 Å². The van der Waals surface area contributed by atoms with Crippen LogP contribution in [-0.2, 0) is 0 Å². The second-order valence-corrected chi connectivity index (χ2v) is 4.77. The molecule has 0 bridgehead atoms. The topological polar surface area (TPSA) is 61.4 Å². The van der Waals surface area contributed by atoms with Crippen LogP contribution in [0.15, 0.2) is 0 Å². The van der Waals surface area contributed by atoms with Gasteiger partial charge in [-0.3, -0.25) is 0 Å². The minimum absolute atomic E-state index is 0.0567. The van der Waals surface area contributed by atoms with Crippen LogP contribution in [0.5, 0.6) is 0 Å². The molecule has 86 valence electrons. The van der Waals surface area contributed by atoms with E-state index in [1.165, 1.54) is 19.3 Å². The summed E-state index contributed by atoms with van der Waals surface area (Å²) in [5.41, 5.74) is 0. The van der Waals surface area contributed by atoms with Gasteiger partial charge in [-0.2, -0.15) is 0 Å². The van der Waals surface area contributed by atoms with Crippen molar-refractivity contribution >= 4 is 6.03 Å². The van der Waals surface area contributed by atoms with E-state index in [4.69, 9.17) is 5.11 Å². The summed E-state index contributed by atoms with van der Waals surface area (Å²) in [5, 5.41) is 15.0. The molecule has 0 heterocycles. The first-order valence-electron chi connectivity index (χ1n) is 5.99. The molecule has 0 aliphatic heterocycles. The van der Waals surface area contributed by atoms with Gasteiger partial charge in [0.05, 0.1) is 6.10 Å². The van der Waals surface area contributed by atoms with Crippen LogP contribution in [0.3, 0.4) is 0 Å². The molecule has 0 spiro atoms. The zero-order valence-electron chi connectivity index (χ0n) is 9.04. The first-order valence-corrected chi connectivity index (χ1v) is 5.99. The van der Waals surface area contributed by atoms with Gasteiger partial charge in [-0.1, -0.05) is 19.3 Å². The van der Waals surface area contributed by atoms with Crippen molar-refractivity contribution in [2.75, 3.05) is 0 Å². The molecule has 0 aromatic rings. The largest absolute Gasteiger partial charge is 0.393 e. The fourth-order valence-corrected chi connectivity index (χ4v) is 2.37. The van der Waals surface area contributed by atoms with E-state index in [0.717, 1.165) is 12.8 Å². The number of urea groups is 1. The van der Waals surface area contributed by atoms with Gasteiger partial charge >= 0.3 is 6.03 Å². The highest BCUT2D eigenvalue weighted by Gasteiger charge is 2.28. The van der Waals surface area contributed by atoms with E-state index < -0.39 is 0 Å². The maximum atomic E-state index is 11.5. The number of carbonyl (C=O) groups is 1. The third-order valence-corrected chi connectivity index (χ3v) is 3.39. The van der Waals surface area contributed by atoms with E-state index in [1.807, 2.05) is 0 Å². The molecule has 0 atom stereocenters. The molecule has 2 saturated carbocycles. The Bertz CT molecular complexity index is 221. The molecule has 0 aromatic heterocycles. The molecule has 0 aromatic carbocycles. The fourth-order valence-electron chi connectivity index (χ4n) is 2.37. The SMILES string of the molecule is O=C(NC1CCCCC1)NC1CC(O)C1. The van der Waals surface area contributed by atoms with Crippen LogP contribution in [0.2, 0.25) is 0 Å². The van der Waals surface area contributed by atoms with Crippen LogP contribution in [0.25, 0.3) is 0 Å². The number of hydrogen-bond acceptors (Lipinski definition) is 2. The second kappa shape index (κ2) is 4.84. The summed E-state index contributed by atoms with van der Waals surface area (Å²) in [4.78, 5) is 11.5. The molecule has 2 amide bonds. The summed E-state index contributed by atoms with van der Waals surface area (Å²) in [6.45, 7) is 0. The molecule has 4 nitrogen and oxygen atoms in total. The minimum Gasteiger partial charge on any atom is -0.393 e. The maximum absolute atomic E-state index is 11.5. The quantitative estimate of drug-likeness (QED) is 0.643. The van der Waals surface area contributed by atoms with Crippen molar-refractivity contribution < 1.29 is 9.90 Å². The Kier molecular flexibility index (Phi) is 3.46. The molecular formula is C11H20N2O2. The first-order chi connectivity index (χ1) is 7.24. The highest BCUT2D eigenvalue weighted by atomic mass is 16.3. The zero-order chi connectivity index (χ0) is 10.7. The normalized spacial score (nSPS) is 31.8. The van der Waals surface area contributed by atoms with E-state index in [2.05, 4.69) is 10.6 Å². The Labute approximate surface area is 90.4 Å². The Morgan fingerprint density at radius 3 is 2.20 bits per heavy atom. The number of aliphatic hydroxyl groups excluding tert-OH is 1. The molecule has 2 aliphatic carbocycles. The summed E-state index contributed by atoms with van der Waals surface area (Å²) in [6.07, 6.45) is 7.19. The zero-order valence-corrected chi connectivity index (χ0v) is 9.04. The van der Waals surface area contributed by atoms with Crippen LogP contribution in [0.1, 0.15) is 44.9 Å². The summed E-state index contributed by atoms with van der Waals surface area (Å²) in [7, 11) is 0. The van der Waals surface area contributed by atoms with Crippen LogP contribution >= 0.6 is 0 Å². The molecule has 15 heavy (non-hydrogen) atoms. The van der Waals surface area contributed by atoms with E-state index in [0.29, 0.717) is 18.9 Å². The molecule has 2 fully saturated rings. The fraction of sp³-hybridized carbons (Fsp3) is 0.909. The Morgan fingerprint density at radius 1 is 1.00 bits per heavy atom. The lowest BCUT2D eigenvalue weighted by molar-refractivity contribution is 0.0660. The number of rotatable bonds is 2. The Hall–Kier alpha value is -0.770. The maximum Gasteiger partial charge on any atom is 0.315 e. The molecule has 4 heteroatoms. The van der Waals surface area contributed by atoms with Crippen molar-refractivity contribution in [2.45, 2.75) is 63.1 Å². The lowest BCUT2D eigenvalue weighted by Gasteiger charge is -2.33. The lowest BCUT2D eigenvalue weighted by Crippen LogP contribution is -2.52. The van der Waals surface area contributed by atoms with Crippen LogP contribution in [0.4, 0.5) is 4.79 Å². The standard InChI is InChI=1S/C11H20N2O2/c14-10-6-9(7-10)13-11(15)12-8-4-2-1-3-5-8/h8-10,14H,1-7H2,(H2,12,13,15). The second-order valence-electron chi connectivity index (χ2n) is 4.77. The highest BCUT2D eigenvalue weighted by Crippen LogP contribution is 2.20. The molecule has 3 N–H and O–H groups in total. The molecule has 2 aliphatic rings. The lowest BCUT2D eigenvalue weighted by atomic mass is 9.90. The number of carbonyl (C=O) groups excluding carboxylic acids is 1. The highest BCUT2D eigenvalue weighted by molar-refractivity contribution is 5.74. The molecule has 0 radical (unpaired) electrons. The monoisotopic (exact) mass is 212 g/mol. The van der Waals surface area contributed by atoms with Gasteiger partial charge in [0.25, 0.3) is 0 Å². The van der Waals surface area contributed by atoms with Crippen molar-refractivity contribution in [3.63, 3.8) is 0 Å². The number of hydrogen-bond donors (Lipinski definition) is 3. The summed E-state index contributed by atoms with van der Waals surface area (Å²) in [5.74, 6) is 0. The molecule has 2 rings (SSSR count). The molecular weight excluding hydrogens is 192 g/mol. The average Bonchev–Trinajstić information content (AvgIpc) is 2.17. The molecule has 0 unspecified atom stereocenters. The van der Waals surface area contributed by atoms with Gasteiger partial charge in [0.1, 0.15) is 0 Å². The van der Waals surface area contributed by atoms with Crippen molar-refractivity contribution in [3.8, 4) is 0 Å². The third-order valence-electron chi connectivity index (χ3n) is 3.39. The van der Waals surface area contributed by atoms with Crippen LogP contribution in [0, 0.1) is 0 Å². The van der Waals surface area contributed by atoms with Crippen LogP contribution < -0.4 is 10.6 Å². The van der Waals surface area contributed by atoms with Crippen LogP contribution in [-0.4, -0.2) is 29.3 Å². The van der Waals surface area contributed by atoms with Crippen molar-refractivity contribution in [2.24, 2.45) is 0 Å². The van der Waals surface area contributed by atoms with Gasteiger partial charge in [0.15, 0.2) is 0 Å². The Morgan fingerprint density at radius 2 is 1.60 bits per heavy atom. The number of amides is 2. The summed E-state index contributed by atoms with van der Waals surface area (Å²) < 4.78 is 0. The average molecular weight is 212 g/mol. The number of aliphatic hydroxyl groups is 1. The van der Waals surface area contributed by atoms with E-state index in [1.54, 1.807) is 0 Å². The van der Waals surface area contributed by atoms with Gasteiger partial charge in [-0.25, -0.2) is 4.79 Å². The van der Waals surface area contributed by atoms with Gasteiger partial charge in [0.2, 0.25) is 0 Å². The smallest absolute Gasteiger partial charge is 0.315 e. The third kappa shape index (κ3) is 3.09. The minimum atomic E-state index is -0.204. The van der Waals surface area contributed by atoms with Crippen molar-refractivity contribution in [3.05, 3.63) is 0 Å². The van der Waals surface area contributed by atoms with E-state index in [-0.39, 0.29) is 18.2 Å². The molecule has 0 saturated heterocycles. The van der Waals surface area contributed by atoms with Gasteiger partial charge < -0.3 is 15.7 Å². The number of nitrogens with one attached hydrogen (secondary N) is 2. The first kappa shape index (κ1) is 10.7.